The Balaban J connectivity index is 1.42. The molecule has 0 unspecified atom stereocenters. The van der Waals surface area contributed by atoms with Crippen molar-refractivity contribution < 1.29 is 13.7 Å². The number of fused-ring (bicyclic) bond motifs is 2. The van der Waals surface area contributed by atoms with E-state index in [1.165, 1.54) is 12.1 Å². The number of anilines is 1. The predicted molar refractivity (Wildman–Crippen MR) is 103 cm³/mol. The average molecular weight is 395 g/mol. The second-order valence-corrected chi connectivity index (χ2v) is 8.10. The minimum atomic E-state index is -0.312. The molecule has 0 spiro atoms. The van der Waals surface area contributed by atoms with Gasteiger partial charge in [0.1, 0.15) is 5.82 Å². The smallest absolute Gasteiger partial charge is 0.231 e. The van der Waals surface area contributed by atoms with Crippen LogP contribution in [0.1, 0.15) is 36.8 Å². The molecule has 29 heavy (non-hydrogen) atoms. The number of hydrogen-bond donors (Lipinski definition) is 1. The normalized spacial score (nSPS) is 25.5. The molecule has 5 rings (SSSR count). The summed E-state index contributed by atoms with van der Waals surface area (Å²) in [5.41, 5.74) is 2.34. The molecule has 2 heterocycles. The van der Waals surface area contributed by atoms with Gasteiger partial charge in [0.2, 0.25) is 17.6 Å². The molecular formula is C21H22FN5O2. The van der Waals surface area contributed by atoms with E-state index in [0.717, 1.165) is 30.6 Å². The molecule has 0 radical (unpaired) electrons. The zero-order valence-electron chi connectivity index (χ0n) is 16.3. The lowest BCUT2D eigenvalue weighted by Crippen LogP contribution is -2.33. The number of benzene rings is 1. The lowest BCUT2D eigenvalue weighted by Gasteiger charge is -2.27. The molecule has 2 aliphatic carbocycles. The van der Waals surface area contributed by atoms with Crippen molar-refractivity contribution in [3.63, 3.8) is 0 Å². The highest BCUT2D eigenvalue weighted by molar-refractivity contribution is 5.94. The van der Waals surface area contributed by atoms with Gasteiger partial charge in [-0.3, -0.25) is 9.48 Å². The summed E-state index contributed by atoms with van der Waals surface area (Å²) in [5, 5.41) is 11.3. The summed E-state index contributed by atoms with van der Waals surface area (Å²) in [6, 6.07) is 5.99. The van der Waals surface area contributed by atoms with Crippen molar-refractivity contribution in [2.75, 3.05) is 5.32 Å². The van der Waals surface area contributed by atoms with Crippen LogP contribution in [0.15, 0.2) is 35.0 Å². The molecule has 2 aliphatic rings. The van der Waals surface area contributed by atoms with Crippen molar-refractivity contribution in [2.45, 2.75) is 32.1 Å². The van der Waals surface area contributed by atoms with Crippen LogP contribution in [0.25, 0.3) is 11.4 Å². The molecule has 2 fully saturated rings. The van der Waals surface area contributed by atoms with Gasteiger partial charge in [0.15, 0.2) is 0 Å². The molecule has 2 aromatic heterocycles. The fraction of sp³-hybridized carbons (Fsp3) is 0.429. The Morgan fingerprint density at radius 3 is 2.72 bits per heavy atom. The molecule has 4 atom stereocenters. The maximum Gasteiger partial charge on any atom is 0.231 e. The Kier molecular flexibility index (Phi) is 4.22. The summed E-state index contributed by atoms with van der Waals surface area (Å²) in [5.74, 6) is 0.996. The molecule has 150 valence electrons. The maximum absolute atomic E-state index is 13.2. The first-order chi connectivity index (χ1) is 14.0. The molecule has 2 bridgehead atoms. The highest BCUT2D eigenvalue weighted by Crippen LogP contribution is 2.56. The lowest BCUT2D eigenvalue weighted by atomic mass is 9.78. The largest absolute Gasteiger partial charge is 0.339 e. The Morgan fingerprint density at radius 1 is 1.24 bits per heavy atom. The Bertz CT molecular complexity index is 1060. The first-order valence-corrected chi connectivity index (χ1v) is 9.90. The van der Waals surface area contributed by atoms with Gasteiger partial charge < -0.3 is 9.84 Å². The summed E-state index contributed by atoms with van der Waals surface area (Å²) in [6.45, 7) is 1.92. The SMILES string of the molecule is Cc1c(NC(=O)[C@H]2[C@H]3CC[C@H](C3)[C@@H]2c2nc(-c3ccc(F)cc3)no2)cnn1C. The van der Waals surface area contributed by atoms with Crippen LogP contribution in [0.5, 0.6) is 0 Å². The molecule has 0 aliphatic heterocycles. The summed E-state index contributed by atoms with van der Waals surface area (Å²) in [7, 11) is 1.85. The number of halogens is 1. The minimum absolute atomic E-state index is 0.0140. The topological polar surface area (TPSA) is 85.8 Å². The molecule has 0 saturated heterocycles. The third-order valence-corrected chi connectivity index (χ3v) is 6.54. The van der Waals surface area contributed by atoms with Crippen LogP contribution in [-0.2, 0) is 11.8 Å². The number of carbonyl (C=O) groups excluding carboxylic acids is 1. The number of amides is 1. The minimum Gasteiger partial charge on any atom is -0.339 e. The molecule has 8 heteroatoms. The summed E-state index contributed by atoms with van der Waals surface area (Å²) >= 11 is 0. The summed E-state index contributed by atoms with van der Waals surface area (Å²) in [4.78, 5) is 17.8. The Hall–Kier alpha value is -3.03. The van der Waals surface area contributed by atoms with Crippen LogP contribution in [0.3, 0.4) is 0 Å². The molecule has 2 saturated carbocycles. The zero-order chi connectivity index (χ0) is 20.1. The number of aryl methyl sites for hydroxylation is 1. The maximum atomic E-state index is 13.2. The van der Waals surface area contributed by atoms with Gasteiger partial charge in [-0.15, -0.1) is 0 Å². The van der Waals surface area contributed by atoms with Crippen LogP contribution in [0.2, 0.25) is 0 Å². The van der Waals surface area contributed by atoms with Gasteiger partial charge >= 0.3 is 0 Å². The van der Waals surface area contributed by atoms with Crippen LogP contribution >= 0.6 is 0 Å². The van der Waals surface area contributed by atoms with Crippen molar-refractivity contribution in [1.29, 1.82) is 0 Å². The quantitative estimate of drug-likeness (QED) is 0.728. The fourth-order valence-electron chi connectivity index (χ4n) is 4.95. The van der Waals surface area contributed by atoms with E-state index in [2.05, 4.69) is 20.6 Å². The molecule has 1 aromatic carbocycles. The van der Waals surface area contributed by atoms with Gasteiger partial charge in [0.05, 0.1) is 29.4 Å². The number of carbonyl (C=O) groups is 1. The summed E-state index contributed by atoms with van der Waals surface area (Å²) in [6.07, 6.45) is 4.79. The second-order valence-electron chi connectivity index (χ2n) is 8.10. The van der Waals surface area contributed by atoms with Crippen molar-refractivity contribution in [1.82, 2.24) is 19.9 Å². The van der Waals surface area contributed by atoms with Gasteiger partial charge in [0.25, 0.3) is 0 Å². The van der Waals surface area contributed by atoms with Gasteiger partial charge in [-0.25, -0.2) is 4.39 Å². The molecule has 3 aromatic rings. The van der Waals surface area contributed by atoms with E-state index in [-0.39, 0.29) is 23.6 Å². The molecule has 7 nitrogen and oxygen atoms in total. The molecular weight excluding hydrogens is 373 g/mol. The highest BCUT2D eigenvalue weighted by atomic mass is 19.1. The Morgan fingerprint density at radius 2 is 2.00 bits per heavy atom. The average Bonchev–Trinajstić information content (AvgIpc) is 3.49. The monoisotopic (exact) mass is 395 g/mol. The van der Waals surface area contributed by atoms with Crippen LogP contribution in [0, 0.1) is 30.5 Å². The number of aromatic nitrogens is 4. The standard InChI is InChI=1S/C21H22FN5O2/c1-11-16(10-23-27(11)2)24-20(28)17-13-3-4-14(9-13)18(17)21-25-19(26-29-21)12-5-7-15(22)8-6-12/h5-8,10,13-14,17-18H,3-4,9H2,1-2H3,(H,24,28)/t13-,14+,17-,18-/m0/s1. The number of hydrogen-bond acceptors (Lipinski definition) is 5. The van der Waals surface area contributed by atoms with E-state index in [9.17, 15) is 9.18 Å². The first-order valence-electron chi connectivity index (χ1n) is 9.90. The van der Waals surface area contributed by atoms with E-state index >= 15 is 0 Å². The lowest BCUT2D eigenvalue weighted by molar-refractivity contribution is -0.122. The van der Waals surface area contributed by atoms with Crippen molar-refractivity contribution in [3.05, 3.63) is 47.9 Å². The zero-order valence-corrected chi connectivity index (χ0v) is 16.3. The van der Waals surface area contributed by atoms with Gasteiger partial charge in [-0.05, 0) is 62.3 Å². The van der Waals surface area contributed by atoms with Crippen molar-refractivity contribution >= 4 is 11.6 Å². The van der Waals surface area contributed by atoms with Crippen LogP contribution in [0.4, 0.5) is 10.1 Å². The van der Waals surface area contributed by atoms with Gasteiger partial charge in [0, 0.05) is 12.6 Å². The third kappa shape index (κ3) is 3.03. The number of rotatable bonds is 4. The van der Waals surface area contributed by atoms with Crippen LogP contribution in [-0.4, -0.2) is 25.8 Å². The van der Waals surface area contributed by atoms with Crippen molar-refractivity contribution in [3.8, 4) is 11.4 Å². The highest BCUT2D eigenvalue weighted by Gasteiger charge is 2.53. The first kappa shape index (κ1) is 18.0. The molecule has 1 amide bonds. The molecule has 1 N–H and O–H groups in total. The number of nitrogens with one attached hydrogen (secondary N) is 1. The van der Waals surface area contributed by atoms with Crippen molar-refractivity contribution in [2.24, 2.45) is 24.8 Å². The second kappa shape index (κ2) is 6.79. The third-order valence-electron chi connectivity index (χ3n) is 6.54. The van der Waals surface area contributed by atoms with Gasteiger partial charge in [-0.2, -0.15) is 10.1 Å². The predicted octanol–water partition coefficient (Wildman–Crippen LogP) is 3.69. The van der Waals surface area contributed by atoms with E-state index in [1.54, 1.807) is 23.0 Å². The van der Waals surface area contributed by atoms with E-state index in [0.29, 0.717) is 29.1 Å². The van der Waals surface area contributed by atoms with Crippen LogP contribution < -0.4 is 5.32 Å². The fourth-order valence-corrected chi connectivity index (χ4v) is 4.95. The van der Waals surface area contributed by atoms with Gasteiger partial charge in [-0.1, -0.05) is 5.16 Å². The van der Waals surface area contributed by atoms with E-state index in [1.807, 2.05) is 14.0 Å². The van der Waals surface area contributed by atoms with E-state index < -0.39 is 0 Å². The van der Waals surface area contributed by atoms with E-state index in [4.69, 9.17) is 4.52 Å². The summed E-state index contributed by atoms with van der Waals surface area (Å²) < 4.78 is 20.5. The number of nitrogens with zero attached hydrogens (tertiary/aromatic N) is 4. The Labute approximate surface area is 167 Å².